The third-order valence-electron chi connectivity index (χ3n) is 7.01. The summed E-state index contributed by atoms with van der Waals surface area (Å²) in [4.78, 5) is 15.9. The number of fused-ring (bicyclic) bond motifs is 1. The molecule has 1 aliphatic heterocycles. The molecule has 0 fully saturated rings. The molecular weight excluding hydrogens is 428 g/mol. The first-order chi connectivity index (χ1) is 16.3. The second kappa shape index (κ2) is 9.24. The van der Waals surface area contributed by atoms with Crippen LogP contribution in [0.1, 0.15) is 57.6 Å². The summed E-state index contributed by atoms with van der Waals surface area (Å²) < 4.78 is 17.2. The molecular formula is C28H36N2O4. The summed E-state index contributed by atoms with van der Waals surface area (Å²) in [5.41, 5.74) is 5.74. The van der Waals surface area contributed by atoms with E-state index in [1.165, 1.54) is 5.69 Å². The summed E-state index contributed by atoms with van der Waals surface area (Å²) >= 11 is 0. The number of allylic oxidation sites excluding steroid dienone is 2. The second-order valence-corrected chi connectivity index (χ2v) is 9.76. The van der Waals surface area contributed by atoms with Crippen LogP contribution in [-0.4, -0.2) is 40.2 Å². The van der Waals surface area contributed by atoms with Crippen molar-refractivity contribution in [1.82, 2.24) is 0 Å². The Balaban J connectivity index is 1.96. The molecule has 2 aliphatic rings. The molecule has 182 valence electrons. The van der Waals surface area contributed by atoms with Crippen LogP contribution in [0.2, 0.25) is 0 Å². The molecule has 34 heavy (non-hydrogen) atoms. The van der Waals surface area contributed by atoms with Gasteiger partial charge in [0, 0.05) is 54.0 Å². The van der Waals surface area contributed by atoms with Crippen LogP contribution in [0.4, 0.5) is 11.4 Å². The summed E-state index contributed by atoms with van der Waals surface area (Å²) in [6.45, 7) is 10.5. The van der Waals surface area contributed by atoms with Gasteiger partial charge >= 0.3 is 0 Å². The molecule has 0 spiro atoms. The average molecular weight is 465 g/mol. The van der Waals surface area contributed by atoms with Gasteiger partial charge in [0.15, 0.2) is 17.3 Å². The number of hydrogen-bond acceptors (Lipinski definition) is 6. The van der Waals surface area contributed by atoms with E-state index in [-0.39, 0.29) is 17.1 Å². The quantitative estimate of drug-likeness (QED) is 0.562. The Hall–Kier alpha value is -3.15. The molecule has 6 nitrogen and oxygen atoms in total. The normalized spacial score (nSPS) is 18.6. The number of nitrogens with one attached hydrogen (secondary N) is 1. The van der Waals surface area contributed by atoms with E-state index in [0.29, 0.717) is 23.7 Å². The highest BCUT2D eigenvalue weighted by Gasteiger charge is 2.43. The third kappa shape index (κ3) is 3.99. The minimum absolute atomic E-state index is 0.0990. The number of ether oxygens (including phenoxy) is 3. The van der Waals surface area contributed by atoms with Crippen molar-refractivity contribution in [3.05, 3.63) is 52.7 Å². The molecule has 0 aromatic heterocycles. The van der Waals surface area contributed by atoms with E-state index in [1.807, 2.05) is 6.07 Å². The minimum Gasteiger partial charge on any atom is -0.493 e. The number of nitrogens with zero attached hydrogens (tertiary/aromatic N) is 1. The van der Waals surface area contributed by atoms with Gasteiger partial charge in [-0.1, -0.05) is 26.0 Å². The predicted molar refractivity (Wildman–Crippen MR) is 137 cm³/mol. The number of hydrogen-bond donors (Lipinski definition) is 1. The zero-order valence-corrected chi connectivity index (χ0v) is 21.4. The van der Waals surface area contributed by atoms with E-state index in [0.717, 1.165) is 47.6 Å². The van der Waals surface area contributed by atoms with Gasteiger partial charge in [-0.05, 0) is 43.4 Å². The Morgan fingerprint density at radius 2 is 1.62 bits per heavy atom. The smallest absolute Gasteiger partial charge is 0.203 e. The van der Waals surface area contributed by atoms with Crippen molar-refractivity contribution in [2.75, 3.05) is 44.6 Å². The summed E-state index contributed by atoms with van der Waals surface area (Å²) in [5.74, 6) is 1.63. The van der Waals surface area contributed by atoms with Crippen LogP contribution in [-0.2, 0) is 4.79 Å². The minimum atomic E-state index is -0.254. The molecule has 1 heterocycles. The van der Waals surface area contributed by atoms with E-state index in [2.05, 4.69) is 62.2 Å². The van der Waals surface area contributed by atoms with E-state index in [9.17, 15) is 4.79 Å². The maximum atomic E-state index is 13.6. The van der Waals surface area contributed by atoms with Crippen molar-refractivity contribution in [3.8, 4) is 17.2 Å². The second-order valence-electron chi connectivity index (χ2n) is 9.76. The number of Topliss-reactive ketones (excluding diaryl/α,β-unsaturated/α-hetero) is 1. The zero-order chi connectivity index (χ0) is 24.6. The van der Waals surface area contributed by atoms with Gasteiger partial charge in [-0.3, -0.25) is 4.79 Å². The fraction of sp³-hybridized carbons (Fsp3) is 0.464. The van der Waals surface area contributed by atoms with Crippen LogP contribution in [0.15, 0.2) is 41.6 Å². The highest BCUT2D eigenvalue weighted by molar-refractivity contribution is 6.02. The molecule has 0 bridgehead atoms. The van der Waals surface area contributed by atoms with E-state index >= 15 is 0 Å². The molecule has 2 aromatic rings. The first-order valence-electron chi connectivity index (χ1n) is 12.0. The molecule has 6 heteroatoms. The Morgan fingerprint density at radius 3 is 2.18 bits per heavy atom. The first-order valence-corrected chi connectivity index (χ1v) is 12.0. The molecule has 4 rings (SSSR count). The number of anilines is 2. The van der Waals surface area contributed by atoms with Crippen molar-refractivity contribution >= 4 is 17.2 Å². The molecule has 0 unspecified atom stereocenters. The van der Waals surface area contributed by atoms with Crippen molar-refractivity contribution < 1.29 is 19.0 Å². The van der Waals surface area contributed by atoms with Gasteiger partial charge in [0.05, 0.1) is 27.0 Å². The van der Waals surface area contributed by atoms with Crippen LogP contribution in [0.5, 0.6) is 17.2 Å². The third-order valence-corrected chi connectivity index (χ3v) is 7.01. The van der Waals surface area contributed by atoms with Crippen LogP contribution in [0.3, 0.4) is 0 Å². The van der Waals surface area contributed by atoms with Gasteiger partial charge in [0.1, 0.15) is 0 Å². The number of carbonyl (C=O) groups is 1. The van der Waals surface area contributed by atoms with E-state index < -0.39 is 0 Å². The zero-order valence-electron chi connectivity index (χ0n) is 21.4. The fourth-order valence-electron chi connectivity index (χ4n) is 5.46. The van der Waals surface area contributed by atoms with E-state index in [4.69, 9.17) is 14.2 Å². The number of methoxy groups -OCH3 is 3. The van der Waals surface area contributed by atoms with Gasteiger partial charge in [-0.2, -0.15) is 0 Å². The molecule has 1 N–H and O–H groups in total. The Labute approximate surface area is 202 Å². The highest BCUT2D eigenvalue weighted by atomic mass is 16.5. The van der Waals surface area contributed by atoms with Crippen molar-refractivity contribution in [2.45, 2.75) is 46.5 Å². The van der Waals surface area contributed by atoms with Crippen molar-refractivity contribution in [2.24, 2.45) is 5.41 Å². The Morgan fingerprint density at radius 1 is 0.971 bits per heavy atom. The molecule has 0 saturated heterocycles. The SMILES string of the molecule is CCN(CC)c1ccc([C@@H]2C3=C(CC(C)(C)CC3=O)Nc3cc(OC)c(OC)c(OC)c32)cc1. The highest BCUT2D eigenvalue weighted by Crippen LogP contribution is 2.56. The molecule has 0 amide bonds. The Kier molecular flexibility index (Phi) is 6.52. The monoisotopic (exact) mass is 464 g/mol. The predicted octanol–water partition coefficient (Wildman–Crippen LogP) is 5.76. The summed E-state index contributed by atoms with van der Waals surface area (Å²) in [7, 11) is 4.86. The van der Waals surface area contributed by atoms with E-state index in [1.54, 1.807) is 21.3 Å². The van der Waals surface area contributed by atoms with Gasteiger partial charge in [-0.15, -0.1) is 0 Å². The van der Waals surface area contributed by atoms with Crippen LogP contribution < -0.4 is 24.4 Å². The topological polar surface area (TPSA) is 60.0 Å². The number of benzene rings is 2. The van der Waals surface area contributed by atoms with Gasteiger partial charge in [0.2, 0.25) is 5.75 Å². The fourth-order valence-corrected chi connectivity index (χ4v) is 5.46. The molecule has 1 aliphatic carbocycles. The first kappa shape index (κ1) is 24.0. The lowest BCUT2D eigenvalue weighted by Gasteiger charge is -2.40. The van der Waals surface area contributed by atoms with Crippen LogP contribution in [0.25, 0.3) is 0 Å². The van der Waals surface area contributed by atoms with Crippen molar-refractivity contribution in [3.63, 3.8) is 0 Å². The van der Waals surface area contributed by atoms with Gasteiger partial charge in [-0.25, -0.2) is 0 Å². The average Bonchev–Trinajstić information content (AvgIpc) is 2.81. The lowest BCUT2D eigenvalue weighted by Crippen LogP contribution is -2.34. The van der Waals surface area contributed by atoms with Crippen molar-refractivity contribution in [1.29, 1.82) is 0 Å². The molecule has 1 atom stereocenters. The Bertz CT molecular complexity index is 1110. The summed E-state index contributed by atoms with van der Waals surface area (Å²) in [5, 5.41) is 3.57. The number of carbonyl (C=O) groups excluding carboxylic acids is 1. The standard InChI is InChI=1S/C28H36N2O4/c1-8-30(9-2)18-12-10-17(11-13-18)23-24-20(15-28(3,4)16-21(24)31)29-19-14-22(32-5)26(33-6)27(34-7)25(19)23/h10-14,23,29H,8-9,15-16H2,1-7H3/t23-/m1/s1. The van der Waals surface area contributed by atoms with Crippen LogP contribution >= 0.6 is 0 Å². The number of rotatable bonds is 7. The lowest BCUT2D eigenvalue weighted by molar-refractivity contribution is -0.118. The van der Waals surface area contributed by atoms with Gasteiger partial charge in [0.25, 0.3) is 0 Å². The summed E-state index contributed by atoms with van der Waals surface area (Å²) in [6, 6.07) is 10.5. The largest absolute Gasteiger partial charge is 0.493 e. The molecule has 0 radical (unpaired) electrons. The number of ketones is 1. The molecule has 2 aromatic carbocycles. The van der Waals surface area contributed by atoms with Crippen LogP contribution in [0, 0.1) is 5.41 Å². The lowest BCUT2D eigenvalue weighted by atomic mass is 9.68. The maximum Gasteiger partial charge on any atom is 0.203 e. The molecule has 0 saturated carbocycles. The maximum absolute atomic E-state index is 13.6. The summed E-state index contributed by atoms with van der Waals surface area (Å²) in [6.07, 6.45) is 1.32. The van der Waals surface area contributed by atoms with Gasteiger partial charge < -0.3 is 24.4 Å².